The van der Waals surface area contributed by atoms with Crippen molar-refractivity contribution in [1.29, 1.82) is 0 Å². The zero-order valence-corrected chi connectivity index (χ0v) is 11.0. The number of rotatable bonds is 3. The average Bonchev–Trinajstić information content (AvgIpc) is 2.37. The number of hydrogen-bond acceptors (Lipinski definition) is 4. The van der Waals surface area contributed by atoms with E-state index in [1.165, 1.54) is 19.2 Å². The molecule has 0 aliphatic heterocycles. The van der Waals surface area contributed by atoms with Crippen molar-refractivity contribution in [2.45, 2.75) is 11.3 Å². The van der Waals surface area contributed by atoms with Crippen LogP contribution in [0, 0.1) is 0 Å². The zero-order chi connectivity index (χ0) is 14.0. The van der Waals surface area contributed by atoms with E-state index in [0.29, 0.717) is 16.3 Å². The number of carbonyl (C=O) groups excluding carboxylic acids is 1. The molecule has 0 fully saturated rings. The monoisotopic (exact) mass is 280 g/mol. The first-order chi connectivity index (χ1) is 8.93. The van der Waals surface area contributed by atoms with E-state index in [1.54, 1.807) is 24.3 Å². The van der Waals surface area contributed by atoms with Gasteiger partial charge in [-0.15, -0.1) is 0 Å². The molecule has 2 rings (SSSR count). The van der Waals surface area contributed by atoms with E-state index in [1.807, 2.05) is 0 Å². The Labute approximate surface area is 110 Å². The van der Waals surface area contributed by atoms with Crippen LogP contribution >= 0.6 is 0 Å². The largest absolute Gasteiger partial charge is 0.469 e. The average molecular weight is 280 g/mol. The summed E-state index contributed by atoms with van der Waals surface area (Å²) >= 11 is 0. The van der Waals surface area contributed by atoms with Gasteiger partial charge in [-0.3, -0.25) is 9.35 Å². The zero-order valence-electron chi connectivity index (χ0n) is 10.2. The van der Waals surface area contributed by atoms with E-state index in [2.05, 4.69) is 4.74 Å². The summed E-state index contributed by atoms with van der Waals surface area (Å²) in [6, 6.07) is 9.47. The van der Waals surface area contributed by atoms with Gasteiger partial charge in [0.15, 0.2) is 0 Å². The minimum Gasteiger partial charge on any atom is -0.469 e. The number of esters is 1. The van der Waals surface area contributed by atoms with E-state index in [0.717, 1.165) is 0 Å². The molecule has 0 amide bonds. The van der Waals surface area contributed by atoms with Crippen LogP contribution in [0.4, 0.5) is 0 Å². The molecule has 2 aromatic carbocycles. The Bertz CT molecular complexity index is 734. The summed E-state index contributed by atoms with van der Waals surface area (Å²) < 4.78 is 36.4. The van der Waals surface area contributed by atoms with Gasteiger partial charge in [-0.1, -0.05) is 30.3 Å². The van der Waals surface area contributed by atoms with Gasteiger partial charge in [0.2, 0.25) is 0 Å². The number of methoxy groups -OCH3 is 1. The maximum absolute atomic E-state index is 11.3. The summed E-state index contributed by atoms with van der Waals surface area (Å²) in [5.41, 5.74) is 0.648. The Morgan fingerprint density at radius 1 is 1.16 bits per heavy atom. The molecule has 0 heterocycles. The molecule has 0 atom stereocenters. The number of carbonyl (C=O) groups is 1. The molecule has 0 aliphatic carbocycles. The number of fused-ring (bicyclic) bond motifs is 1. The second-order valence-corrected chi connectivity index (χ2v) is 5.39. The van der Waals surface area contributed by atoms with Gasteiger partial charge in [-0.05, 0) is 17.0 Å². The molecule has 1 N–H and O–H groups in total. The van der Waals surface area contributed by atoms with E-state index >= 15 is 0 Å². The molecule has 100 valence electrons. The lowest BCUT2D eigenvalue weighted by atomic mass is 10.0. The van der Waals surface area contributed by atoms with Gasteiger partial charge in [-0.25, -0.2) is 0 Å². The number of hydrogen-bond donors (Lipinski definition) is 1. The predicted molar refractivity (Wildman–Crippen MR) is 69.5 cm³/mol. The molecular formula is C13H12O5S. The fourth-order valence-electron chi connectivity index (χ4n) is 1.95. The van der Waals surface area contributed by atoms with E-state index in [4.69, 9.17) is 0 Å². The van der Waals surface area contributed by atoms with Gasteiger partial charge >= 0.3 is 5.97 Å². The van der Waals surface area contributed by atoms with Crippen molar-refractivity contribution in [3.05, 3.63) is 42.0 Å². The number of ether oxygens (including phenoxy) is 1. The third-order valence-corrected chi connectivity index (χ3v) is 3.72. The molecular weight excluding hydrogens is 268 g/mol. The summed E-state index contributed by atoms with van der Waals surface area (Å²) in [4.78, 5) is 11.1. The number of benzene rings is 2. The van der Waals surface area contributed by atoms with Crippen LogP contribution in [0.25, 0.3) is 10.8 Å². The normalized spacial score (nSPS) is 11.5. The van der Waals surface area contributed by atoms with Crippen molar-refractivity contribution in [2.75, 3.05) is 7.11 Å². The second-order valence-electron chi connectivity index (χ2n) is 4.00. The van der Waals surface area contributed by atoms with Gasteiger partial charge in [0, 0.05) is 5.39 Å². The Morgan fingerprint density at radius 2 is 1.79 bits per heavy atom. The van der Waals surface area contributed by atoms with Crippen LogP contribution in [0.2, 0.25) is 0 Å². The van der Waals surface area contributed by atoms with Crippen molar-refractivity contribution in [2.24, 2.45) is 0 Å². The summed E-state index contributed by atoms with van der Waals surface area (Å²) in [6.07, 6.45) is 0.0444. The van der Waals surface area contributed by atoms with Gasteiger partial charge in [0.05, 0.1) is 13.5 Å². The molecule has 0 aromatic heterocycles. The first-order valence-corrected chi connectivity index (χ1v) is 6.92. The maximum Gasteiger partial charge on any atom is 0.309 e. The van der Waals surface area contributed by atoms with Crippen LogP contribution in [0.3, 0.4) is 0 Å². The standard InChI is InChI=1S/C13H12O5S/c1-18-13(14)8-9-4-2-6-11-10(9)5-3-7-12(11)19(15,16)17/h2-7H,8H2,1H3,(H,15,16,17). The van der Waals surface area contributed by atoms with Crippen LogP contribution in [0.15, 0.2) is 41.3 Å². The fourth-order valence-corrected chi connectivity index (χ4v) is 2.66. The molecule has 6 heteroatoms. The molecule has 2 aromatic rings. The summed E-state index contributed by atoms with van der Waals surface area (Å²) in [6.45, 7) is 0. The third-order valence-electron chi connectivity index (χ3n) is 2.81. The fraction of sp³-hybridized carbons (Fsp3) is 0.154. The molecule has 0 saturated heterocycles. The second kappa shape index (κ2) is 4.99. The molecule has 19 heavy (non-hydrogen) atoms. The van der Waals surface area contributed by atoms with E-state index in [-0.39, 0.29) is 11.3 Å². The highest BCUT2D eigenvalue weighted by molar-refractivity contribution is 7.86. The maximum atomic E-state index is 11.3. The molecule has 0 spiro atoms. The highest BCUT2D eigenvalue weighted by Gasteiger charge is 2.15. The molecule has 0 aliphatic rings. The Hall–Kier alpha value is -1.92. The van der Waals surface area contributed by atoms with Gasteiger partial charge in [0.25, 0.3) is 10.1 Å². The molecule has 0 saturated carbocycles. The lowest BCUT2D eigenvalue weighted by Crippen LogP contribution is -2.05. The summed E-state index contributed by atoms with van der Waals surface area (Å²) in [5, 5.41) is 0.981. The smallest absolute Gasteiger partial charge is 0.309 e. The topological polar surface area (TPSA) is 80.7 Å². The Kier molecular flexibility index (Phi) is 3.55. The summed E-state index contributed by atoms with van der Waals surface area (Å²) in [7, 11) is -3.01. The molecule has 0 unspecified atom stereocenters. The van der Waals surface area contributed by atoms with E-state index in [9.17, 15) is 17.8 Å². The minimum absolute atomic E-state index is 0.0444. The molecule has 5 nitrogen and oxygen atoms in total. The van der Waals surface area contributed by atoms with Crippen LogP contribution in [-0.2, 0) is 26.1 Å². The van der Waals surface area contributed by atoms with Crippen molar-refractivity contribution in [3.8, 4) is 0 Å². The summed E-state index contributed by atoms with van der Waals surface area (Å²) in [5.74, 6) is -0.412. The minimum atomic E-state index is -4.30. The molecule has 0 bridgehead atoms. The van der Waals surface area contributed by atoms with Crippen LogP contribution in [0.5, 0.6) is 0 Å². The predicted octanol–water partition coefficient (Wildman–Crippen LogP) is 1.80. The van der Waals surface area contributed by atoms with Crippen molar-refractivity contribution >= 4 is 26.9 Å². The van der Waals surface area contributed by atoms with Crippen molar-refractivity contribution in [1.82, 2.24) is 0 Å². The Morgan fingerprint density at radius 3 is 2.42 bits per heavy atom. The highest BCUT2D eigenvalue weighted by Crippen LogP contribution is 2.26. The first kappa shape index (κ1) is 13.5. The first-order valence-electron chi connectivity index (χ1n) is 5.48. The van der Waals surface area contributed by atoms with Gasteiger partial charge < -0.3 is 4.74 Å². The highest BCUT2D eigenvalue weighted by atomic mass is 32.2. The van der Waals surface area contributed by atoms with Gasteiger partial charge in [-0.2, -0.15) is 8.42 Å². The quantitative estimate of drug-likeness (QED) is 0.685. The lowest BCUT2D eigenvalue weighted by molar-refractivity contribution is -0.139. The van der Waals surface area contributed by atoms with Crippen LogP contribution in [-0.4, -0.2) is 26.0 Å². The molecule has 0 radical (unpaired) electrons. The SMILES string of the molecule is COC(=O)Cc1cccc2c(S(=O)(=O)O)cccc12. The van der Waals surface area contributed by atoms with E-state index < -0.39 is 16.1 Å². The Balaban J connectivity index is 2.68. The van der Waals surface area contributed by atoms with Crippen LogP contribution in [0.1, 0.15) is 5.56 Å². The van der Waals surface area contributed by atoms with Crippen molar-refractivity contribution < 1.29 is 22.5 Å². The third kappa shape index (κ3) is 2.74. The van der Waals surface area contributed by atoms with Crippen molar-refractivity contribution in [3.63, 3.8) is 0 Å². The lowest BCUT2D eigenvalue weighted by Gasteiger charge is -2.08. The van der Waals surface area contributed by atoms with Gasteiger partial charge in [0.1, 0.15) is 4.90 Å². The van der Waals surface area contributed by atoms with Crippen LogP contribution < -0.4 is 0 Å².